The van der Waals surface area contributed by atoms with Crippen LogP contribution >= 0.6 is 11.6 Å². The van der Waals surface area contributed by atoms with Crippen LogP contribution in [0.15, 0.2) is 12.1 Å². The molecular formula is C15H20ClNO3. The standard InChI is InChI=1S/C15H20ClNO3/c16-11-7-10(8-12-13(11)20-6-5-19-12)14(18)15(9-17)3-1-2-4-15/h7-8,14,18H,1-6,9,17H2. The number of hydrogen-bond donors (Lipinski definition) is 2. The third-order valence-electron chi connectivity index (χ3n) is 4.52. The Balaban J connectivity index is 1.95. The van der Waals surface area contributed by atoms with Crippen molar-refractivity contribution < 1.29 is 14.6 Å². The molecule has 3 rings (SSSR count). The van der Waals surface area contributed by atoms with Crippen LogP contribution in [0.1, 0.15) is 37.4 Å². The van der Waals surface area contributed by atoms with Gasteiger partial charge in [0.2, 0.25) is 0 Å². The van der Waals surface area contributed by atoms with Crippen LogP contribution in [0.3, 0.4) is 0 Å². The Morgan fingerprint density at radius 1 is 1.25 bits per heavy atom. The first-order valence-electron chi connectivity index (χ1n) is 7.13. The highest BCUT2D eigenvalue weighted by molar-refractivity contribution is 6.32. The summed E-state index contributed by atoms with van der Waals surface area (Å²) in [4.78, 5) is 0. The second-order valence-electron chi connectivity index (χ2n) is 5.70. The zero-order chi connectivity index (χ0) is 14.2. The Labute approximate surface area is 123 Å². The molecule has 20 heavy (non-hydrogen) atoms. The molecule has 2 aliphatic rings. The summed E-state index contributed by atoms with van der Waals surface area (Å²) in [5.41, 5.74) is 6.47. The van der Waals surface area contributed by atoms with Crippen LogP contribution in [0.2, 0.25) is 5.02 Å². The van der Waals surface area contributed by atoms with Gasteiger partial charge < -0.3 is 20.3 Å². The van der Waals surface area contributed by atoms with E-state index in [2.05, 4.69) is 0 Å². The van der Waals surface area contributed by atoms with Crippen LogP contribution in [0.5, 0.6) is 11.5 Å². The first kappa shape index (κ1) is 14.0. The molecule has 0 bridgehead atoms. The van der Waals surface area contributed by atoms with Gasteiger partial charge in [0.25, 0.3) is 0 Å². The lowest BCUT2D eigenvalue weighted by molar-refractivity contribution is 0.0329. The van der Waals surface area contributed by atoms with Crippen LogP contribution in [-0.2, 0) is 0 Å². The topological polar surface area (TPSA) is 64.7 Å². The smallest absolute Gasteiger partial charge is 0.179 e. The van der Waals surface area contributed by atoms with Crippen LogP contribution in [0, 0.1) is 5.41 Å². The average molecular weight is 298 g/mol. The van der Waals surface area contributed by atoms with Crippen molar-refractivity contribution >= 4 is 11.6 Å². The van der Waals surface area contributed by atoms with Gasteiger partial charge in [-0.1, -0.05) is 24.4 Å². The quantitative estimate of drug-likeness (QED) is 0.900. The van der Waals surface area contributed by atoms with Crippen LogP contribution in [0.25, 0.3) is 0 Å². The number of ether oxygens (including phenoxy) is 2. The fourth-order valence-corrected chi connectivity index (χ4v) is 3.58. The van der Waals surface area contributed by atoms with Crippen molar-refractivity contribution in [1.29, 1.82) is 0 Å². The number of nitrogens with two attached hydrogens (primary N) is 1. The normalized spacial score (nSPS) is 21.8. The van der Waals surface area contributed by atoms with Crippen LogP contribution in [0.4, 0.5) is 0 Å². The van der Waals surface area contributed by atoms with E-state index in [4.69, 9.17) is 26.8 Å². The van der Waals surface area contributed by atoms with Gasteiger partial charge in [-0.25, -0.2) is 0 Å². The van der Waals surface area contributed by atoms with Crippen LogP contribution < -0.4 is 15.2 Å². The molecule has 1 aliphatic heterocycles. The number of fused-ring (bicyclic) bond motifs is 1. The van der Waals surface area contributed by atoms with Crippen molar-refractivity contribution in [2.45, 2.75) is 31.8 Å². The predicted octanol–water partition coefficient (Wildman–Crippen LogP) is 2.66. The Morgan fingerprint density at radius 3 is 2.65 bits per heavy atom. The summed E-state index contributed by atoms with van der Waals surface area (Å²) in [6.07, 6.45) is 3.54. The highest BCUT2D eigenvalue weighted by Crippen LogP contribution is 2.49. The molecule has 0 aromatic heterocycles. The Bertz CT molecular complexity index is 500. The summed E-state index contributed by atoms with van der Waals surface area (Å²) in [6.45, 7) is 1.49. The Kier molecular flexibility index (Phi) is 3.80. The minimum atomic E-state index is -0.608. The summed E-state index contributed by atoms with van der Waals surface area (Å²) in [6, 6.07) is 3.61. The highest BCUT2D eigenvalue weighted by Gasteiger charge is 2.40. The molecule has 1 heterocycles. The van der Waals surface area contributed by atoms with Gasteiger partial charge in [-0.15, -0.1) is 0 Å². The van der Waals surface area contributed by atoms with Gasteiger partial charge in [0, 0.05) is 12.0 Å². The average Bonchev–Trinajstić information content (AvgIpc) is 2.96. The zero-order valence-electron chi connectivity index (χ0n) is 11.4. The summed E-state index contributed by atoms with van der Waals surface area (Å²) in [7, 11) is 0. The van der Waals surface area contributed by atoms with Gasteiger partial charge in [-0.05, 0) is 30.5 Å². The summed E-state index contributed by atoms with van der Waals surface area (Å²) in [5, 5.41) is 11.2. The number of rotatable bonds is 3. The molecule has 3 N–H and O–H groups in total. The molecule has 0 radical (unpaired) electrons. The lowest BCUT2D eigenvalue weighted by Gasteiger charge is -2.34. The van der Waals surface area contributed by atoms with Gasteiger partial charge in [0.15, 0.2) is 11.5 Å². The van der Waals surface area contributed by atoms with Gasteiger partial charge in [-0.3, -0.25) is 0 Å². The number of aliphatic hydroxyl groups excluding tert-OH is 1. The summed E-state index contributed by atoms with van der Waals surface area (Å²) in [5.74, 6) is 1.19. The lowest BCUT2D eigenvalue weighted by atomic mass is 9.77. The minimum absolute atomic E-state index is 0.229. The molecular weight excluding hydrogens is 278 g/mol. The number of benzene rings is 1. The van der Waals surface area contributed by atoms with E-state index < -0.39 is 6.10 Å². The van der Waals surface area contributed by atoms with Gasteiger partial charge in [0.1, 0.15) is 13.2 Å². The SMILES string of the molecule is NCC1(C(O)c2cc(Cl)c3c(c2)OCCO3)CCCC1. The van der Waals surface area contributed by atoms with Crippen molar-refractivity contribution in [1.82, 2.24) is 0 Å². The number of hydrogen-bond acceptors (Lipinski definition) is 4. The minimum Gasteiger partial charge on any atom is -0.486 e. The molecule has 1 atom stereocenters. The monoisotopic (exact) mass is 297 g/mol. The van der Waals surface area contributed by atoms with Crippen LogP contribution in [-0.4, -0.2) is 24.9 Å². The van der Waals surface area contributed by atoms with Crippen molar-refractivity contribution in [2.75, 3.05) is 19.8 Å². The first-order valence-corrected chi connectivity index (χ1v) is 7.51. The van der Waals surface area contributed by atoms with E-state index in [1.165, 1.54) is 0 Å². The third kappa shape index (κ3) is 2.26. The maximum absolute atomic E-state index is 10.8. The second-order valence-corrected chi connectivity index (χ2v) is 6.11. The zero-order valence-corrected chi connectivity index (χ0v) is 12.2. The van der Waals surface area contributed by atoms with E-state index in [1.54, 1.807) is 6.07 Å². The number of aliphatic hydroxyl groups is 1. The van der Waals surface area contributed by atoms with Crippen molar-refractivity contribution in [3.8, 4) is 11.5 Å². The molecule has 1 aromatic carbocycles. The van der Waals surface area contributed by atoms with Crippen molar-refractivity contribution in [3.63, 3.8) is 0 Å². The Morgan fingerprint density at radius 2 is 1.95 bits per heavy atom. The molecule has 1 fully saturated rings. The second kappa shape index (κ2) is 5.43. The van der Waals surface area contributed by atoms with E-state index in [-0.39, 0.29) is 5.41 Å². The van der Waals surface area contributed by atoms with Crippen molar-refractivity contribution in [2.24, 2.45) is 11.1 Å². The number of halogens is 1. The molecule has 1 aliphatic carbocycles. The van der Waals surface area contributed by atoms with E-state index >= 15 is 0 Å². The molecule has 0 amide bonds. The summed E-state index contributed by atoms with van der Waals surface area (Å²) >= 11 is 6.24. The molecule has 110 valence electrons. The fourth-order valence-electron chi connectivity index (χ4n) is 3.31. The molecule has 0 saturated heterocycles. The molecule has 1 saturated carbocycles. The maximum Gasteiger partial charge on any atom is 0.179 e. The molecule has 5 heteroatoms. The maximum atomic E-state index is 10.8. The summed E-state index contributed by atoms with van der Waals surface area (Å²) < 4.78 is 11.1. The van der Waals surface area contributed by atoms with Gasteiger partial charge in [0.05, 0.1) is 11.1 Å². The van der Waals surface area contributed by atoms with E-state index in [0.29, 0.717) is 36.3 Å². The predicted molar refractivity (Wildman–Crippen MR) is 77.4 cm³/mol. The fraction of sp³-hybridized carbons (Fsp3) is 0.600. The van der Waals surface area contributed by atoms with E-state index in [0.717, 1.165) is 31.2 Å². The first-order chi connectivity index (χ1) is 9.66. The highest BCUT2D eigenvalue weighted by atomic mass is 35.5. The molecule has 1 aromatic rings. The van der Waals surface area contributed by atoms with E-state index in [1.807, 2.05) is 6.07 Å². The molecule has 4 nitrogen and oxygen atoms in total. The lowest BCUT2D eigenvalue weighted by Crippen LogP contribution is -2.34. The van der Waals surface area contributed by atoms with E-state index in [9.17, 15) is 5.11 Å². The Hall–Kier alpha value is -0.970. The van der Waals surface area contributed by atoms with Gasteiger partial charge >= 0.3 is 0 Å². The van der Waals surface area contributed by atoms with Crippen molar-refractivity contribution in [3.05, 3.63) is 22.7 Å². The third-order valence-corrected chi connectivity index (χ3v) is 4.80. The van der Waals surface area contributed by atoms with Gasteiger partial charge in [-0.2, -0.15) is 0 Å². The molecule has 1 unspecified atom stereocenters. The molecule has 0 spiro atoms. The largest absolute Gasteiger partial charge is 0.486 e.